The molecule has 17 heavy (non-hydrogen) atoms. The lowest BCUT2D eigenvalue weighted by Crippen LogP contribution is -2.36. The van der Waals surface area contributed by atoms with E-state index >= 15 is 0 Å². The van der Waals surface area contributed by atoms with Crippen LogP contribution in [-0.2, 0) is 11.2 Å². The molecule has 0 amide bonds. The third kappa shape index (κ3) is 8.36. The molecule has 0 spiro atoms. The van der Waals surface area contributed by atoms with Gasteiger partial charge in [-0.05, 0) is 51.6 Å². The van der Waals surface area contributed by atoms with Crippen LogP contribution >= 0.6 is 11.3 Å². The molecular formula is C14H25NOS. The largest absolute Gasteiger partial charge is 0.381 e. The van der Waals surface area contributed by atoms with Crippen LogP contribution < -0.4 is 5.32 Å². The number of hydrogen-bond acceptors (Lipinski definition) is 3. The molecular weight excluding hydrogens is 230 g/mol. The van der Waals surface area contributed by atoms with E-state index in [1.807, 2.05) is 11.3 Å². The molecule has 0 saturated heterocycles. The van der Waals surface area contributed by atoms with Crippen molar-refractivity contribution in [1.29, 1.82) is 0 Å². The highest BCUT2D eigenvalue weighted by atomic mass is 32.1. The molecule has 0 bridgehead atoms. The van der Waals surface area contributed by atoms with Gasteiger partial charge in [-0.2, -0.15) is 0 Å². The van der Waals surface area contributed by atoms with Gasteiger partial charge in [-0.15, -0.1) is 11.3 Å². The number of unbranched alkanes of at least 4 members (excludes halogenated alkanes) is 1. The summed E-state index contributed by atoms with van der Waals surface area (Å²) in [7, 11) is 0. The fraction of sp³-hybridized carbons (Fsp3) is 0.714. The molecule has 3 heteroatoms. The Balaban J connectivity index is 1.85. The fourth-order valence-electron chi connectivity index (χ4n) is 1.52. The van der Waals surface area contributed by atoms with Gasteiger partial charge in [0.2, 0.25) is 0 Å². The van der Waals surface area contributed by atoms with E-state index < -0.39 is 0 Å². The highest BCUT2D eigenvalue weighted by Crippen LogP contribution is 2.08. The Morgan fingerprint density at radius 2 is 2.06 bits per heavy atom. The van der Waals surface area contributed by atoms with Crippen LogP contribution in [0.1, 0.15) is 38.5 Å². The molecule has 1 rings (SSSR count). The molecule has 0 aliphatic carbocycles. The number of nitrogens with one attached hydrogen (secondary N) is 1. The van der Waals surface area contributed by atoms with E-state index in [1.165, 1.54) is 11.3 Å². The van der Waals surface area contributed by atoms with Crippen molar-refractivity contribution in [2.45, 2.75) is 45.6 Å². The quantitative estimate of drug-likeness (QED) is 0.718. The van der Waals surface area contributed by atoms with Crippen LogP contribution in [0.5, 0.6) is 0 Å². The van der Waals surface area contributed by atoms with E-state index in [-0.39, 0.29) is 5.54 Å². The summed E-state index contributed by atoms with van der Waals surface area (Å²) in [5, 5.41) is 5.60. The molecule has 0 radical (unpaired) electrons. The van der Waals surface area contributed by atoms with Crippen LogP contribution in [0, 0.1) is 0 Å². The number of hydrogen-bond donors (Lipinski definition) is 1. The van der Waals surface area contributed by atoms with Crippen molar-refractivity contribution in [2.75, 3.05) is 19.8 Å². The first-order valence-corrected chi connectivity index (χ1v) is 7.31. The summed E-state index contributed by atoms with van der Waals surface area (Å²) in [6, 6.07) is 4.26. The van der Waals surface area contributed by atoms with E-state index in [1.54, 1.807) is 0 Å². The average Bonchev–Trinajstić information content (AvgIpc) is 2.73. The minimum absolute atomic E-state index is 0.236. The number of thiophene rings is 1. The van der Waals surface area contributed by atoms with Crippen molar-refractivity contribution in [3.63, 3.8) is 0 Å². The molecule has 0 fully saturated rings. The first-order valence-electron chi connectivity index (χ1n) is 6.43. The molecule has 0 aliphatic heterocycles. The van der Waals surface area contributed by atoms with Gasteiger partial charge in [0, 0.05) is 23.4 Å². The standard InChI is InChI=1S/C14H25NOS/c1-14(2,3)15-9-4-5-10-16-11-8-13-7-6-12-17-13/h6-7,12,15H,4-5,8-11H2,1-3H3. The normalized spacial score (nSPS) is 11.9. The summed E-state index contributed by atoms with van der Waals surface area (Å²) in [6.07, 6.45) is 3.39. The van der Waals surface area contributed by atoms with E-state index in [4.69, 9.17) is 4.74 Å². The van der Waals surface area contributed by atoms with Crippen molar-refractivity contribution in [2.24, 2.45) is 0 Å². The van der Waals surface area contributed by atoms with Crippen molar-refractivity contribution < 1.29 is 4.74 Å². The highest BCUT2D eigenvalue weighted by Gasteiger charge is 2.06. The molecule has 1 aromatic heterocycles. The van der Waals surface area contributed by atoms with Crippen molar-refractivity contribution >= 4 is 11.3 Å². The van der Waals surface area contributed by atoms with Gasteiger partial charge in [0.25, 0.3) is 0 Å². The molecule has 2 nitrogen and oxygen atoms in total. The third-order valence-electron chi connectivity index (χ3n) is 2.44. The van der Waals surface area contributed by atoms with Crippen LogP contribution in [0.2, 0.25) is 0 Å². The Bertz CT molecular complexity index is 277. The van der Waals surface area contributed by atoms with Crippen molar-refractivity contribution in [3.8, 4) is 0 Å². The van der Waals surface area contributed by atoms with Crippen LogP contribution in [0.3, 0.4) is 0 Å². The topological polar surface area (TPSA) is 21.3 Å². The fourth-order valence-corrected chi connectivity index (χ4v) is 2.21. The van der Waals surface area contributed by atoms with Crippen LogP contribution in [0.4, 0.5) is 0 Å². The Morgan fingerprint density at radius 3 is 2.71 bits per heavy atom. The van der Waals surface area contributed by atoms with E-state index in [2.05, 4.69) is 43.6 Å². The Labute approximate surface area is 109 Å². The summed E-state index contributed by atoms with van der Waals surface area (Å²) in [5.74, 6) is 0. The zero-order valence-corrected chi connectivity index (χ0v) is 12.1. The molecule has 0 saturated carbocycles. The minimum Gasteiger partial charge on any atom is -0.381 e. The predicted octanol–water partition coefficient (Wildman–Crippen LogP) is 3.48. The van der Waals surface area contributed by atoms with Gasteiger partial charge >= 0.3 is 0 Å². The first kappa shape index (κ1) is 14.7. The van der Waals surface area contributed by atoms with Gasteiger partial charge in [0.15, 0.2) is 0 Å². The molecule has 0 aliphatic rings. The second-order valence-corrected chi connectivity index (χ2v) is 6.36. The minimum atomic E-state index is 0.236. The molecule has 0 unspecified atom stereocenters. The van der Waals surface area contributed by atoms with Crippen LogP contribution in [-0.4, -0.2) is 25.3 Å². The zero-order chi connectivity index (χ0) is 12.6. The summed E-state index contributed by atoms with van der Waals surface area (Å²) < 4.78 is 5.62. The summed E-state index contributed by atoms with van der Waals surface area (Å²) in [6.45, 7) is 9.42. The lowest BCUT2D eigenvalue weighted by atomic mass is 10.1. The summed E-state index contributed by atoms with van der Waals surface area (Å²) >= 11 is 1.81. The predicted molar refractivity (Wildman–Crippen MR) is 75.8 cm³/mol. The molecule has 0 atom stereocenters. The summed E-state index contributed by atoms with van der Waals surface area (Å²) in [4.78, 5) is 1.42. The highest BCUT2D eigenvalue weighted by molar-refractivity contribution is 7.09. The number of rotatable bonds is 8. The van der Waals surface area contributed by atoms with Gasteiger partial charge in [-0.3, -0.25) is 0 Å². The van der Waals surface area contributed by atoms with Gasteiger partial charge in [0.05, 0.1) is 6.61 Å². The summed E-state index contributed by atoms with van der Waals surface area (Å²) in [5.41, 5.74) is 0.236. The first-order chi connectivity index (χ1) is 8.08. The molecule has 98 valence electrons. The van der Waals surface area contributed by atoms with E-state index in [0.717, 1.165) is 32.6 Å². The maximum atomic E-state index is 5.62. The second kappa shape index (κ2) is 7.85. The van der Waals surface area contributed by atoms with E-state index in [9.17, 15) is 0 Å². The smallest absolute Gasteiger partial charge is 0.0514 e. The van der Waals surface area contributed by atoms with Crippen LogP contribution in [0.25, 0.3) is 0 Å². The molecule has 1 aromatic rings. The van der Waals surface area contributed by atoms with Gasteiger partial charge in [0.1, 0.15) is 0 Å². The van der Waals surface area contributed by atoms with E-state index in [0.29, 0.717) is 0 Å². The lowest BCUT2D eigenvalue weighted by Gasteiger charge is -2.20. The van der Waals surface area contributed by atoms with Crippen LogP contribution in [0.15, 0.2) is 17.5 Å². The maximum absolute atomic E-state index is 5.62. The zero-order valence-electron chi connectivity index (χ0n) is 11.3. The van der Waals surface area contributed by atoms with Crippen molar-refractivity contribution in [3.05, 3.63) is 22.4 Å². The third-order valence-corrected chi connectivity index (χ3v) is 3.38. The van der Waals surface area contributed by atoms with Gasteiger partial charge in [-0.1, -0.05) is 6.07 Å². The van der Waals surface area contributed by atoms with Crippen molar-refractivity contribution in [1.82, 2.24) is 5.32 Å². The Hall–Kier alpha value is -0.380. The Morgan fingerprint density at radius 1 is 1.24 bits per heavy atom. The van der Waals surface area contributed by atoms with Gasteiger partial charge < -0.3 is 10.1 Å². The molecule has 0 aromatic carbocycles. The average molecular weight is 255 g/mol. The second-order valence-electron chi connectivity index (χ2n) is 5.33. The maximum Gasteiger partial charge on any atom is 0.0514 e. The molecule has 1 N–H and O–H groups in total. The van der Waals surface area contributed by atoms with Gasteiger partial charge in [-0.25, -0.2) is 0 Å². The Kier molecular flexibility index (Phi) is 6.78. The number of ether oxygens (including phenoxy) is 1. The lowest BCUT2D eigenvalue weighted by molar-refractivity contribution is 0.133. The molecule has 1 heterocycles. The SMILES string of the molecule is CC(C)(C)NCCCCOCCc1cccs1. The monoisotopic (exact) mass is 255 g/mol.